The Labute approximate surface area is 237 Å². The fourth-order valence-corrected chi connectivity index (χ4v) is 7.66. The summed E-state index contributed by atoms with van der Waals surface area (Å²) in [7, 11) is 3.18. The van der Waals surface area contributed by atoms with Crippen molar-refractivity contribution in [3.63, 3.8) is 0 Å². The van der Waals surface area contributed by atoms with E-state index in [-0.39, 0.29) is 29.7 Å². The monoisotopic (exact) mass is 573 g/mol. The Bertz CT molecular complexity index is 1370. The lowest BCUT2D eigenvalue weighted by atomic mass is 9.58. The highest BCUT2D eigenvalue weighted by atomic mass is 35.5. The third-order valence-electron chi connectivity index (χ3n) is 9.43. The van der Waals surface area contributed by atoms with E-state index in [1.54, 1.807) is 14.1 Å². The molecule has 11 heteroatoms. The summed E-state index contributed by atoms with van der Waals surface area (Å²) in [6, 6.07) is 0.750. The Morgan fingerprint density at radius 1 is 1.20 bits per heavy atom. The van der Waals surface area contributed by atoms with Gasteiger partial charge in [0.1, 0.15) is 22.8 Å². The standard InChI is InChI=1S/C29H36ClN3O7/c1-4-12-5-6-15(7-12)32-11-14-10-18(34)20-16(22(14)30)8-13-9-17-23(33(2)3)25(36)21(28(31)39)27(38)29(17,40)26(37)19(13)24(20)35/h10,12-13,15,17,23,32,34,36-37,40H,4-9,11H2,1-3H3,(H2,31,39)/t12?,13-,15?,17-,23-,29-/m0/s1. The number of carbonyl (C=O) groups is 3. The zero-order valence-electron chi connectivity index (χ0n) is 22.8. The molecule has 1 saturated carbocycles. The van der Waals surface area contributed by atoms with Crippen LogP contribution >= 0.6 is 11.6 Å². The Morgan fingerprint density at radius 2 is 1.90 bits per heavy atom. The van der Waals surface area contributed by atoms with Crippen molar-refractivity contribution >= 4 is 29.1 Å². The van der Waals surface area contributed by atoms with E-state index in [2.05, 4.69) is 12.2 Å². The van der Waals surface area contributed by atoms with Crippen molar-refractivity contribution in [2.24, 2.45) is 23.5 Å². The molecule has 5 rings (SSSR count). The average Bonchev–Trinajstić information content (AvgIpc) is 3.35. The number of benzene rings is 1. The third kappa shape index (κ3) is 4.15. The molecule has 0 aromatic heterocycles. The largest absolute Gasteiger partial charge is 0.510 e. The summed E-state index contributed by atoms with van der Waals surface area (Å²) in [4.78, 5) is 40.7. The first-order valence-electron chi connectivity index (χ1n) is 13.7. The van der Waals surface area contributed by atoms with Crippen molar-refractivity contribution in [2.75, 3.05) is 14.1 Å². The topological polar surface area (TPSA) is 173 Å². The molecule has 7 N–H and O–H groups in total. The number of phenolic OH excluding ortho intramolecular Hbond substituents is 1. The number of amides is 1. The van der Waals surface area contributed by atoms with Gasteiger partial charge in [-0.15, -0.1) is 0 Å². The number of halogens is 1. The van der Waals surface area contributed by atoms with Gasteiger partial charge in [0.05, 0.1) is 11.6 Å². The highest BCUT2D eigenvalue weighted by Crippen LogP contribution is 2.53. The normalized spacial score (nSPS) is 31.9. The van der Waals surface area contributed by atoms with E-state index in [0.29, 0.717) is 34.7 Å². The number of fused-ring (bicyclic) bond motifs is 3. The SMILES string of the molecule is CCC1CCC(NCc2cc(O)c3c(c2Cl)C[C@H]2C[C@H]4[C@H](N(C)C)C(O)=C(C(N)=O)C(=O)[C@@]4(O)C(O)=C2C3=O)C1. The van der Waals surface area contributed by atoms with Gasteiger partial charge in [0.25, 0.3) is 5.91 Å². The fraction of sp³-hybridized carbons (Fsp3) is 0.552. The summed E-state index contributed by atoms with van der Waals surface area (Å²) in [6.45, 7) is 2.61. The van der Waals surface area contributed by atoms with Crippen molar-refractivity contribution in [3.8, 4) is 5.75 Å². The van der Waals surface area contributed by atoms with Crippen molar-refractivity contribution in [3.05, 3.63) is 50.4 Å². The smallest absolute Gasteiger partial charge is 0.255 e. The van der Waals surface area contributed by atoms with Crippen LogP contribution in [0.2, 0.25) is 5.02 Å². The molecule has 0 spiro atoms. The lowest BCUT2D eigenvalue weighted by Gasteiger charge is -2.50. The molecule has 0 bridgehead atoms. The molecule has 216 valence electrons. The molecule has 0 saturated heterocycles. The molecule has 1 amide bonds. The Kier molecular flexibility index (Phi) is 7.27. The van der Waals surface area contributed by atoms with Crippen LogP contribution in [0, 0.1) is 17.8 Å². The van der Waals surface area contributed by atoms with Crippen LogP contribution in [-0.2, 0) is 22.6 Å². The highest BCUT2D eigenvalue weighted by molar-refractivity contribution is 6.33. The van der Waals surface area contributed by atoms with Gasteiger partial charge in [0.15, 0.2) is 11.4 Å². The summed E-state index contributed by atoms with van der Waals surface area (Å²) >= 11 is 6.82. The number of likely N-dealkylation sites (N-methyl/N-ethyl adjacent to an activating group) is 1. The van der Waals surface area contributed by atoms with Gasteiger partial charge in [-0.2, -0.15) is 0 Å². The van der Waals surface area contributed by atoms with Crippen LogP contribution in [0.25, 0.3) is 0 Å². The van der Waals surface area contributed by atoms with Crippen LogP contribution < -0.4 is 11.1 Å². The predicted octanol–water partition coefficient (Wildman–Crippen LogP) is 2.44. The van der Waals surface area contributed by atoms with Crippen molar-refractivity contribution in [1.29, 1.82) is 0 Å². The molecule has 1 aromatic rings. The summed E-state index contributed by atoms with van der Waals surface area (Å²) in [5.41, 5.74) is 2.68. The number of phenols is 1. The molecule has 1 fully saturated rings. The molecule has 0 aliphatic heterocycles. The number of rotatable bonds is 6. The lowest BCUT2D eigenvalue weighted by molar-refractivity contribution is -0.148. The highest BCUT2D eigenvalue weighted by Gasteiger charge is 2.63. The van der Waals surface area contributed by atoms with E-state index in [9.17, 15) is 34.8 Å². The molecule has 0 heterocycles. The van der Waals surface area contributed by atoms with Gasteiger partial charge >= 0.3 is 0 Å². The Balaban J connectivity index is 1.55. The number of aliphatic hydroxyl groups is 3. The maximum atomic E-state index is 13.8. The number of carbonyl (C=O) groups excluding carboxylic acids is 3. The number of nitrogens with zero attached hydrogens (tertiary/aromatic N) is 1. The molecule has 2 unspecified atom stereocenters. The zero-order chi connectivity index (χ0) is 29.3. The number of hydrogen-bond donors (Lipinski definition) is 6. The van der Waals surface area contributed by atoms with Gasteiger partial charge in [0.2, 0.25) is 5.78 Å². The van der Waals surface area contributed by atoms with Gasteiger partial charge in [-0.05, 0) is 75.2 Å². The van der Waals surface area contributed by atoms with E-state index >= 15 is 0 Å². The number of aliphatic hydroxyl groups excluding tert-OH is 2. The summed E-state index contributed by atoms with van der Waals surface area (Å²) in [5, 5.41) is 48.7. The second-order valence-electron chi connectivity index (χ2n) is 11.9. The molecule has 10 nitrogen and oxygen atoms in total. The van der Waals surface area contributed by atoms with Gasteiger partial charge in [-0.1, -0.05) is 24.9 Å². The summed E-state index contributed by atoms with van der Waals surface area (Å²) in [6.07, 6.45) is 4.63. The quantitative estimate of drug-likeness (QED) is 0.279. The number of aromatic hydroxyl groups is 1. The Morgan fingerprint density at radius 3 is 2.50 bits per heavy atom. The van der Waals surface area contributed by atoms with E-state index in [4.69, 9.17) is 17.3 Å². The van der Waals surface area contributed by atoms with Crippen LogP contribution in [0.4, 0.5) is 0 Å². The van der Waals surface area contributed by atoms with Crippen molar-refractivity contribution in [1.82, 2.24) is 10.2 Å². The molecule has 6 atom stereocenters. The van der Waals surface area contributed by atoms with Gasteiger partial charge in [-0.3, -0.25) is 19.3 Å². The molecule has 0 radical (unpaired) electrons. The van der Waals surface area contributed by atoms with Crippen LogP contribution in [0.3, 0.4) is 0 Å². The number of hydrogen-bond acceptors (Lipinski definition) is 9. The minimum Gasteiger partial charge on any atom is -0.510 e. The third-order valence-corrected chi connectivity index (χ3v) is 9.90. The molecule has 4 aliphatic carbocycles. The van der Waals surface area contributed by atoms with E-state index in [1.165, 1.54) is 17.4 Å². The van der Waals surface area contributed by atoms with Crippen LogP contribution in [-0.4, -0.2) is 74.6 Å². The van der Waals surface area contributed by atoms with Crippen LogP contribution in [0.1, 0.15) is 60.5 Å². The summed E-state index contributed by atoms with van der Waals surface area (Å²) in [5.74, 6) is -6.10. The van der Waals surface area contributed by atoms with Crippen molar-refractivity contribution < 1.29 is 34.8 Å². The number of nitrogens with two attached hydrogens (primary N) is 1. The van der Waals surface area contributed by atoms with Crippen LogP contribution in [0.15, 0.2) is 28.7 Å². The molecule has 1 aromatic carbocycles. The second kappa shape index (κ2) is 10.2. The van der Waals surface area contributed by atoms with E-state index < -0.39 is 58.0 Å². The van der Waals surface area contributed by atoms with Gasteiger partial charge in [0, 0.05) is 29.1 Å². The number of ketones is 2. The lowest BCUT2D eigenvalue weighted by Crippen LogP contribution is -2.63. The second-order valence-corrected chi connectivity index (χ2v) is 12.2. The number of Topliss-reactive ketones (excluding diaryl/α,β-unsaturated/α-hetero) is 2. The van der Waals surface area contributed by atoms with Gasteiger partial charge in [-0.25, -0.2) is 0 Å². The first kappa shape index (κ1) is 28.6. The number of allylic oxidation sites excluding steroid dienone is 1. The van der Waals surface area contributed by atoms with Crippen LogP contribution in [0.5, 0.6) is 5.75 Å². The molecular formula is C29H36ClN3O7. The number of primary amides is 1. The minimum atomic E-state index is -2.66. The first-order valence-corrected chi connectivity index (χ1v) is 14.1. The minimum absolute atomic E-state index is 0.0197. The van der Waals surface area contributed by atoms with E-state index in [1.807, 2.05) is 0 Å². The van der Waals surface area contributed by atoms with E-state index in [0.717, 1.165) is 19.3 Å². The van der Waals surface area contributed by atoms with Gasteiger partial charge < -0.3 is 31.5 Å². The zero-order valence-corrected chi connectivity index (χ0v) is 23.6. The molecular weight excluding hydrogens is 538 g/mol. The predicted molar refractivity (Wildman–Crippen MR) is 147 cm³/mol. The average molecular weight is 574 g/mol. The molecule has 40 heavy (non-hydrogen) atoms. The Hall–Kier alpha value is -2.92. The maximum absolute atomic E-state index is 13.8. The fourth-order valence-electron chi connectivity index (χ4n) is 7.37. The maximum Gasteiger partial charge on any atom is 0.255 e. The van der Waals surface area contributed by atoms with Crippen molar-refractivity contribution in [2.45, 2.75) is 69.7 Å². The molecule has 4 aliphatic rings. The first-order chi connectivity index (χ1) is 18.8. The summed E-state index contributed by atoms with van der Waals surface area (Å²) < 4.78 is 0. The number of nitrogens with one attached hydrogen (secondary N) is 1.